The molecule has 0 aliphatic rings. The van der Waals surface area contributed by atoms with Gasteiger partial charge >= 0.3 is 5.97 Å². The van der Waals surface area contributed by atoms with E-state index in [1.54, 1.807) is 0 Å². The van der Waals surface area contributed by atoms with Crippen LogP contribution >= 0.6 is 11.6 Å². The van der Waals surface area contributed by atoms with Gasteiger partial charge in [0.15, 0.2) is 0 Å². The fourth-order valence-electron chi connectivity index (χ4n) is 2.05. The Morgan fingerprint density at radius 2 is 2.05 bits per heavy atom. The summed E-state index contributed by atoms with van der Waals surface area (Å²) in [6, 6.07) is 4.04. The molecule has 1 N–H and O–H groups in total. The van der Waals surface area contributed by atoms with Gasteiger partial charge in [-0.15, -0.1) is 11.6 Å². The second kappa shape index (κ2) is 7.39. The standard InChI is InChI=1S/C15H21ClO3/c1-4-19-14-9-10(2)12(8-11(14)3)13(16)6-5-7-15(17)18/h8-9,13H,4-7H2,1-3H3,(H,17,18). The molecule has 1 rings (SSSR count). The van der Waals surface area contributed by atoms with Gasteiger partial charge in [-0.05, 0) is 56.4 Å². The Bertz CT molecular complexity index is 443. The van der Waals surface area contributed by atoms with E-state index in [2.05, 4.69) is 0 Å². The third-order valence-electron chi connectivity index (χ3n) is 3.05. The van der Waals surface area contributed by atoms with Gasteiger partial charge in [-0.1, -0.05) is 6.07 Å². The van der Waals surface area contributed by atoms with Crippen LogP contribution in [0.4, 0.5) is 0 Å². The Morgan fingerprint density at radius 1 is 1.37 bits per heavy atom. The van der Waals surface area contributed by atoms with Gasteiger partial charge in [0.05, 0.1) is 12.0 Å². The van der Waals surface area contributed by atoms with Crippen molar-refractivity contribution in [1.82, 2.24) is 0 Å². The van der Waals surface area contributed by atoms with E-state index in [0.717, 1.165) is 22.4 Å². The highest BCUT2D eigenvalue weighted by atomic mass is 35.5. The average Bonchev–Trinajstić information content (AvgIpc) is 2.33. The lowest BCUT2D eigenvalue weighted by molar-refractivity contribution is -0.137. The van der Waals surface area contributed by atoms with E-state index in [9.17, 15) is 4.79 Å². The molecule has 4 heteroatoms. The SMILES string of the molecule is CCOc1cc(C)c(C(Cl)CCCC(=O)O)cc1C. The Morgan fingerprint density at radius 3 is 2.63 bits per heavy atom. The first kappa shape index (κ1) is 15.8. The second-order valence-corrected chi connectivity index (χ2v) is 5.19. The van der Waals surface area contributed by atoms with Gasteiger partial charge in [-0.25, -0.2) is 0 Å². The van der Waals surface area contributed by atoms with E-state index in [1.165, 1.54) is 0 Å². The maximum atomic E-state index is 10.5. The fourth-order valence-corrected chi connectivity index (χ4v) is 2.44. The molecule has 0 heterocycles. The zero-order valence-corrected chi connectivity index (χ0v) is 12.5. The summed E-state index contributed by atoms with van der Waals surface area (Å²) in [6.07, 6.45) is 1.43. The van der Waals surface area contributed by atoms with Gasteiger partial charge in [0, 0.05) is 6.42 Å². The first-order valence-corrected chi connectivity index (χ1v) is 6.99. The van der Waals surface area contributed by atoms with Crippen LogP contribution in [0.5, 0.6) is 5.75 Å². The lowest BCUT2D eigenvalue weighted by atomic mass is 9.98. The molecule has 106 valence electrons. The van der Waals surface area contributed by atoms with E-state index >= 15 is 0 Å². The van der Waals surface area contributed by atoms with Gasteiger partial charge in [0.25, 0.3) is 0 Å². The minimum atomic E-state index is -0.775. The number of aliphatic carboxylic acids is 1. The van der Waals surface area contributed by atoms with Crippen LogP contribution in [0.3, 0.4) is 0 Å². The molecule has 0 saturated carbocycles. The highest BCUT2D eigenvalue weighted by Gasteiger charge is 2.14. The highest BCUT2D eigenvalue weighted by molar-refractivity contribution is 6.20. The first-order chi connectivity index (χ1) is 8.95. The number of alkyl halides is 1. The topological polar surface area (TPSA) is 46.5 Å². The van der Waals surface area contributed by atoms with Crippen molar-refractivity contribution in [2.75, 3.05) is 6.61 Å². The van der Waals surface area contributed by atoms with Crippen molar-refractivity contribution < 1.29 is 14.6 Å². The Kier molecular flexibility index (Phi) is 6.16. The molecule has 1 aromatic rings. The molecule has 0 aliphatic carbocycles. The average molecular weight is 285 g/mol. The molecule has 0 bridgehead atoms. The normalized spacial score (nSPS) is 12.2. The van der Waals surface area contributed by atoms with Crippen molar-refractivity contribution in [2.24, 2.45) is 0 Å². The molecule has 0 radical (unpaired) electrons. The number of carboxylic acid groups (broad SMARTS) is 1. The van der Waals surface area contributed by atoms with Crippen molar-refractivity contribution in [3.63, 3.8) is 0 Å². The molecule has 1 atom stereocenters. The summed E-state index contributed by atoms with van der Waals surface area (Å²) in [6.45, 7) is 6.60. The third-order valence-corrected chi connectivity index (χ3v) is 3.50. The van der Waals surface area contributed by atoms with Crippen LogP contribution in [0, 0.1) is 13.8 Å². The van der Waals surface area contributed by atoms with Crippen molar-refractivity contribution in [1.29, 1.82) is 0 Å². The Balaban J connectivity index is 2.77. The molecule has 0 spiro atoms. The molecule has 0 fully saturated rings. The Hall–Kier alpha value is -1.22. The number of hydrogen-bond acceptors (Lipinski definition) is 2. The summed E-state index contributed by atoms with van der Waals surface area (Å²) in [5, 5.41) is 8.49. The van der Waals surface area contributed by atoms with Gasteiger partial charge < -0.3 is 9.84 Å². The molecule has 1 aromatic carbocycles. The van der Waals surface area contributed by atoms with Crippen LogP contribution in [-0.4, -0.2) is 17.7 Å². The number of halogens is 1. The van der Waals surface area contributed by atoms with Crippen LogP contribution in [0.2, 0.25) is 0 Å². The summed E-state index contributed by atoms with van der Waals surface area (Å²) in [7, 11) is 0. The number of aryl methyl sites for hydroxylation is 2. The molecule has 1 unspecified atom stereocenters. The van der Waals surface area contributed by atoms with Crippen LogP contribution in [0.15, 0.2) is 12.1 Å². The lowest BCUT2D eigenvalue weighted by Crippen LogP contribution is -2.01. The predicted molar refractivity (Wildman–Crippen MR) is 77.2 cm³/mol. The van der Waals surface area contributed by atoms with Crippen molar-refractivity contribution in [3.8, 4) is 5.75 Å². The first-order valence-electron chi connectivity index (χ1n) is 6.55. The fraction of sp³-hybridized carbons (Fsp3) is 0.533. The monoisotopic (exact) mass is 284 g/mol. The summed E-state index contributed by atoms with van der Waals surface area (Å²) in [4.78, 5) is 10.5. The maximum absolute atomic E-state index is 10.5. The largest absolute Gasteiger partial charge is 0.494 e. The van der Waals surface area contributed by atoms with E-state index in [1.807, 2.05) is 32.9 Å². The summed E-state index contributed by atoms with van der Waals surface area (Å²) < 4.78 is 5.54. The smallest absolute Gasteiger partial charge is 0.303 e. The van der Waals surface area contributed by atoms with Crippen LogP contribution in [0.1, 0.15) is 48.3 Å². The zero-order valence-electron chi connectivity index (χ0n) is 11.7. The summed E-state index contributed by atoms with van der Waals surface area (Å²) in [5.74, 6) is 0.113. The maximum Gasteiger partial charge on any atom is 0.303 e. The van der Waals surface area contributed by atoms with Crippen LogP contribution < -0.4 is 4.74 Å². The molecule has 3 nitrogen and oxygen atoms in total. The highest BCUT2D eigenvalue weighted by Crippen LogP contribution is 2.33. The molecule has 0 saturated heterocycles. The molecular weight excluding hydrogens is 264 g/mol. The molecular formula is C15H21ClO3. The number of hydrogen-bond donors (Lipinski definition) is 1. The van der Waals surface area contributed by atoms with Crippen molar-refractivity contribution in [3.05, 3.63) is 28.8 Å². The minimum absolute atomic E-state index is 0.145. The van der Waals surface area contributed by atoms with Crippen LogP contribution in [-0.2, 0) is 4.79 Å². The van der Waals surface area contributed by atoms with E-state index in [4.69, 9.17) is 21.4 Å². The second-order valence-electron chi connectivity index (χ2n) is 4.66. The van der Waals surface area contributed by atoms with Crippen molar-refractivity contribution >= 4 is 17.6 Å². The van der Waals surface area contributed by atoms with Crippen LogP contribution in [0.25, 0.3) is 0 Å². The molecule has 0 aliphatic heterocycles. The van der Waals surface area contributed by atoms with Gasteiger partial charge in [-0.3, -0.25) is 4.79 Å². The minimum Gasteiger partial charge on any atom is -0.494 e. The summed E-state index contributed by atoms with van der Waals surface area (Å²) >= 11 is 6.36. The molecule has 19 heavy (non-hydrogen) atoms. The number of carboxylic acids is 1. The van der Waals surface area contributed by atoms with E-state index < -0.39 is 5.97 Å². The Labute approximate surface area is 119 Å². The number of benzene rings is 1. The van der Waals surface area contributed by atoms with Crippen molar-refractivity contribution in [2.45, 2.75) is 45.4 Å². The lowest BCUT2D eigenvalue weighted by Gasteiger charge is -2.16. The predicted octanol–water partition coefficient (Wildman–Crippen LogP) is 4.24. The third kappa shape index (κ3) is 4.75. The van der Waals surface area contributed by atoms with Gasteiger partial charge in [-0.2, -0.15) is 0 Å². The van der Waals surface area contributed by atoms with E-state index in [0.29, 0.717) is 19.4 Å². The molecule has 0 aromatic heterocycles. The van der Waals surface area contributed by atoms with E-state index in [-0.39, 0.29) is 11.8 Å². The quantitative estimate of drug-likeness (QED) is 0.762. The van der Waals surface area contributed by atoms with Gasteiger partial charge in [0.1, 0.15) is 5.75 Å². The molecule has 0 amide bonds. The zero-order chi connectivity index (χ0) is 14.4. The van der Waals surface area contributed by atoms with Gasteiger partial charge in [0.2, 0.25) is 0 Å². The summed E-state index contributed by atoms with van der Waals surface area (Å²) in [5.41, 5.74) is 3.21. The number of ether oxygens (including phenoxy) is 1. The number of carbonyl (C=O) groups is 1. The number of rotatable bonds is 7.